The highest BCUT2D eigenvalue weighted by Crippen LogP contribution is 2.28. The standard InChI is InChI=1S/C23H26OP2/c1-17-13-14-20(24-16-19-10-6-5-7-11-19)21(15-17)25-23-18(2)9-8-12-22(23)26(3)4/h5-15,25H,16H2,1-4H3. The molecule has 0 aliphatic carbocycles. The van der Waals surface area contributed by atoms with E-state index in [0.29, 0.717) is 15.2 Å². The maximum Gasteiger partial charge on any atom is 0.127 e. The van der Waals surface area contributed by atoms with Gasteiger partial charge in [-0.1, -0.05) is 76.7 Å². The summed E-state index contributed by atoms with van der Waals surface area (Å²) >= 11 is 0. The number of rotatable bonds is 6. The van der Waals surface area contributed by atoms with Crippen molar-refractivity contribution >= 4 is 32.4 Å². The number of hydrogen-bond donors (Lipinski definition) is 0. The monoisotopic (exact) mass is 380 g/mol. The van der Waals surface area contributed by atoms with Gasteiger partial charge in [0.05, 0.1) is 0 Å². The van der Waals surface area contributed by atoms with E-state index in [9.17, 15) is 0 Å². The van der Waals surface area contributed by atoms with Gasteiger partial charge in [-0.2, -0.15) is 0 Å². The van der Waals surface area contributed by atoms with E-state index in [-0.39, 0.29) is 7.92 Å². The van der Waals surface area contributed by atoms with Crippen molar-refractivity contribution in [2.75, 3.05) is 13.3 Å². The molecule has 3 heteroatoms. The van der Waals surface area contributed by atoms with E-state index in [4.69, 9.17) is 4.74 Å². The van der Waals surface area contributed by atoms with Crippen LogP contribution in [0.5, 0.6) is 5.75 Å². The fraction of sp³-hybridized carbons (Fsp3) is 0.217. The molecule has 0 heterocycles. The summed E-state index contributed by atoms with van der Waals surface area (Å²) in [5.74, 6) is 1.00. The van der Waals surface area contributed by atoms with Gasteiger partial charge in [0, 0.05) is 5.30 Å². The summed E-state index contributed by atoms with van der Waals surface area (Å²) in [6.07, 6.45) is 0. The van der Waals surface area contributed by atoms with Gasteiger partial charge in [-0.25, -0.2) is 0 Å². The van der Waals surface area contributed by atoms with Crippen LogP contribution in [0.15, 0.2) is 66.7 Å². The van der Waals surface area contributed by atoms with Crippen LogP contribution in [0.4, 0.5) is 0 Å². The largest absolute Gasteiger partial charge is 0.488 e. The van der Waals surface area contributed by atoms with Crippen molar-refractivity contribution in [3.05, 3.63) is 83.4 Å². The lowest BCUT2D eigenvalue weighted by molar-refractivity contribution is 0.309. The Balaban J connectivity index is 1.90. The van der Waals surface area contributed by atoms with E-state index in [1.54, 1.807) is 0 Å². The maximum atomic E-state index is 6.20. The van der Waals surface area contributed by atoms with Gasteiger partial charge in [0.25, 0.3) is 0 Å². The van der Waals surface area contributed by atoms with Crippen molar-refractivity contribution in [1.82, 2.24) is 0 Å². The minimum atomic E-state index is -0.124. The summed E-state index contributed by atoms with van der Waals surface area (Å²) in [5.41, 5.74) is 3.86. The lowest BCUT2D eigenvalue weighted by Gasteiger charge is -2.18. The van der Waals surface area contributed by atoms with Crippen molar-refractivity contribution in [3.8, 4) is 5.75 Å². The van der Waals surface area contributed by atoms with Gasteiger partial charge < -0.3 is 4.74 Å². The highest BCUT2D eigenvalue weighted by molar-refractivity contribution is 7.67. The molecule has 0 amide bonds. The lowest BCUT2D eigenvalue weighted by Crippen LogP contribution is -2.23. The molecule has 0 radical (unpaired) electrons. The van der Waals surface area contributed by atoms with Crippen molar-refractivity contribution in [2.24, 2.45) is 0 Å². The van der Waals surface area contributed by atoms with Gasteiger partial charge in [-0.3, -0.25) is 0 Å². The van der Waals surface area contributed by atoms with Crippen molar-refractivity contribution in [2.45, 2.75) is 20.5 Å². The second kappa shape index (κ2) is 8.81. The first-order chi connectivity index (χ1) is 12.5. The van der Waals surface area contributed by atoms with E-state index in [0.717, 1.165) is 5.75 Å². The molecule has 0 saturated heterocycles. The molecule has 0 fully saturated rings. The van der Waals surface area contributed by atoms with Crippen LogP contribution in [0.3, 0.4) is 0 Å². The average Bonchev–Trinajstić information content (AvgIpc) is 2.63. The molecule has 26 heavy (non-hydrogen) atoms. The molecule has 1 atom stereocenters. The molecule has 0 saturated carbocycles. The summed E-state index contributed by atoms with van der Waals surface area (Å²) in [5, 5.41) is 4.29. The molecule has 1 unspecified atom stereocenters. The third-order valence-corrected chi connectivity index (χ3v) is 7.48. The average molecular weight is 380 g/mol. The minimum absolute atomic E-state index is 0.124. The third-order valence-electron chi connectivity index (χ3n) is 4.36. The number of hydrogen-bond acceptors (Lipinski definition) is 1. The quantitative estimate of drug-likeness (QED) is 0.554. The molecule has 1 nitrogen and oxygen atoms in total. The minimum Gasteiger partial charge on any atom is -0.488 e. The summed E-state index contributed by atoms with van der Waals surface area (Å²) in [6, 6.07) is 23.6. The van der Waals surface area contributed by atoms with Crippen LogP contribution in [0.25, 0.3) is 0 Å². The van der Waals surface area contributed by atoms with Crippen LogP contribution < -0.4 is 20.7 Å². The predicted octanol–water partition coefficient (Wildman–Crippen LogP) is 4.88. The predicted molar refractivity (Wildman–Crippen MR) is 119 cm³/mol. The number of aryl methyl sites for hydroxylation is 2. The molecule has 0 bridgehead atoms. The van der Waals surface area contributed by atoms with Crippen molar-refractivity contribution < 1.29 is 4.74 Å². The molecule has 0 aliphatic rings. The fourth-order valence-corrected chi connectivity index (χ4v) is 6.11. The third kappa shape index (κ3) is 4.73. The van der Waals surface area contributed by atoms with Crippen LogP contribution in [-0.4, -0.2) is 13.3 Å². The molecule has 0 aliphatic heterocycles. The fourth-order valence-electron chi connectivity index (χ4n) is 2.92. The van der Waals surface area contributed by atoms with Gasteiger partial charge in [-0.15, -0.1) is 0 Å². The first-order valence-corrected chi connectivity index (χ1v) is 12.1. The summed E-state index contributed by atoms with van der Waals surface area (Å²) in [6.45, 7) is 9.66. The molecule has 3 aromatic carbocycles. The van der Waals surface area contributed by atoms with Gasteiger partial charge in [0.2, 0.25) is 0 Å². The molecule has 3 rings (SSSR count). The summed E-state index contributed by atoms with van der Waals surface area (Å²) in [7, 11) is 0.497. The van der Waals surface area contributed by atoms with Gasteiger partial charge >= 0.3 is 0 Å². The van der Waals surface area contributed by atoms with E-state index in [1.165, 1.54) is 32.6 Å². The van der Waals surface area contributed by atoms with E-state index >= 15 is 0 Å². The SMILES string of the molecule is Cc1ccc(OCc2ccccc2)c(Pc2c(C)cccc2P(C)C)c1. The van der Waals surface area contributed by atoms with E-state index in [1.807, 2.05) is 6.07 Å². The van der Waals surface area contributed by atoms with Gasteiger partial charge in [0.1, 0.15) is 12.4 Å². The topological polar surface area (TPSA) is 9.23 Å². The van der Waals surface area contributed by atoms with Crippen LogP contribution in [0.1, 0.15) is 16.7 Å². The Morgan fingerprint density at radius 3 is 2.38 bits per heavy atom. The maximum absolute atomic E-state index is 6.20. The van der Waals surface area contributed by atoms with Crippen LogP contribution in [0.2, 0.25) is 0 Å². The Morgan fingerprint density at radius 2 is 1.65 bits per heavy atom. The Hall–Kier alpha value is -1.68. The molecular formula is C23H26OP2. The molecule has 3 aromatic rings. The summed E-state index contributed by atoms with van der Waals surface area (Å²) < 4.78 is 6.20. The molecule has 0 N–H and O–H groups in total. The highest BCUT2D eigenvalue weighted by Gasteiger charge is 2.13. The van der Waals surface area contributed by atoms with Gasteiger partial charge in [-0.05, 0) is 61.0 Å². The van der Waals surface area contributed by atoms with Crippen molar-refractivity contribution in [3.63, 3.8) is 0 Å². The second-order valence-corrected chi connectivity index (χ2v) is 10.3. The van der Waals surface area contributed by atoms with Crippen LogP contribution in [0, 0.1) is 13.8 Å². The van der Waals surface area contributed by atoms with Crippen LogP contribution in [-0.2, 0) is 6.61 Å². The van der Waals surface area contributed by atoms with E-state index < -0.39 is 0 Å². The first-order valence-electron chi connectivity index (χ1n) is 8.86. The first kappa shape index (κ1) is 19.1. The van der Waals surface area contributed by atoms with Gasteiger partial charge in [0.15, 0.2) is 0 Å². The van der Waals surface area contributed by atoms with E-state index in [2.05, 4.69) is 87.8 Å². The van der Waals surface area contributed by atoms with Crippen molar-refractivity contribution in [1.29, 1.82) is 0 Å². The zero-order chi connectivity index (χ0) is 18.5. The molecule has 0 aromatic heterocycles. The normalized spacial score (nSPS) is 11.4. The van der Waals surface area contributed by atoms with Crippen LogP contribution >= 0.6 is 16.5 Å². The summed E-state index contributed by atoms with van der Waals surface area (Å²) in [4.78, 5) is 0. The zero-order valence-corrected chi connectivity index (χ0v) is 17.8. The highest BCUT2D eigenvalue weighted by atomic mass is 31.1. The number of ether oxygens (including phenoxy) is 1. The number of benzene rings is 3. The lowest BCUT2D eigenvalue weighted by atomic mass is 10.2. The Morgan fingerprint density at radius 1 is 0.885 bits per heavy atom. The molecule has 134 valence electrons. The Bertz CT molecular complexity index is 873. The molecular weight excluding hydrogens is 354 g/mol. The Labute approximate surface area is 160 Å². The smallest absolute Gasteiger partial charge is 0.127 e. The Kier molecular flexibility index (Phi) is 6.47. The zero-order valence-electron chi connectivity index (χ0n) is 15.9. The molecule has 0 spiro atoms. The second-order valence-electron chi connectivity index (χ2n) is 6.76.